The largest absolute Gasteiger partial charge is 0.337 e. The first-order valence-corrected chi connectivity index (χ1v) is 9.67. The summed E-state index contributed by atoms with van der Waals surface area (Å²) in [5.74, 6) is 0.888. The number of benzene rings is 2. The minimum atomic E-state index is 0.714. The summed E-state index contributed by atoms with van der Waals surface area (Å²) in [6.07, 6.45) is 3.60. The van der Waals surface area contributed by atoms with Crippen LogP contribution < -0.4 is 0 Å². The molecule has 28 heavy (non-hydrogen) atoms. The summed E-state index contributed by atoms with van der Waals surface area (Å²) in [5, 5.41) is 0.714. The third-order valence-electron chi connectivity index (χ3n) is 5.39. The van der Waals surface area contributed by atoms with Crippen molar-refractivity contribution in [1.82, 2.24) is 15.0 Å². The lowest BCUT2D eigenvalue weighted by atomic mass is 9.94. The lowest BCUT2D eigenvalue weighted by molar-refractivity contribution is 1.20. The second-order valence-electron chi connectivity index (χ2n) is 7.19. The molecule has 4 aromatic rings. The van der Waals surface area contributed by atoms with Crippen molar-refractivity contribution in [1.29, 1.82) is 0 Å². The number of halogens is 1. The summed E-state index contributed by atoms with van der Waals surface area (Å²) in [6.45, 7) is 8.62. The van der Waals surface area contributed by atoms with E-state index in [1.807, 2.05) is 36.4 Å². The number of aromatic amines is 1. The number of nitrogens with one attached hydrogen (secondary N) is 1. The second kappa shape index (κ2) is 7.25. The number of rotatable bonds is 3. The van der Waals surface area contributed by atoms with Crippen LogP contribution in [0.5, 0.6) is 0 Å². The van der Waals surface area contributed by atoms with Crippen molar-refractivity contribution in [2.24, 2.45) is 0 Å². The van der Waals surface area contributed by atoms with Gasteiger partial charge in [0.25, 0.3) is 0 Å². The van der Waals surface area contributed by atoms with Gasteiger partial charge in [0, 0.05) is 34.1 Å². The van der Waals surface area contributed by atoms with Crippen LogP contribution in [0.25, 0.3) is 33.9 Å². The topological polar surface area (TPSA) is 41.6 Å². The van der Waals surface area contributed by atoms with Gasteiger partial charge in [-0.05, 0) is 74.2 Å². The Bertz CT molecular complexity index is 1120. The predicted molar refractivity (Wildman–Crippen MR) is 117 cm³/mol. The Morgan fingerprint density at radius 3 is 2.00 bits per heavy atom. The number of nitrogens with zero attached hydrogens (tertiary/aromatic N) is 2. The Kier molecular flexibility index (Phi) is 4.78. The highest BCUT2D eigenvalue weighted by atomic mass is 35.5. The minimum absolute atomic E-state index is 0.714. The van der Waals surface area contributed by atoms with E-state index in [-0.39, 0.29) is 0 Å². The molecule has 0 aliphatic carbocycles. The SMILES string of the molecule is Cc1cc(C)c(C)c(-c2nc(-c3ccc(Cl)cc3)c(-c3ccncc3)[nH]2)c1C. The average molecular weight is 388 g/mol. The molecular weight excluding hydrogens is 366 g/mol. The van der Waals surface area contributed by atoms with Crippen LogP contribution in [0.1, 0.15) is 22.3 Å². The fourth-order valence-corrected chi connectivity index (χ4v) is 3.73. The van der Waals surface area contributed by atoms with Gasteiger partial charge in [0.2, 0.25) is 0 Å². The highest BCUT2D eigenvalue weighted by Crippen LogP contribution is 2.36. The summed E-state index contributed by atoms with van der Waals surface area (Å²) in [7, 11) is 0. The number of imidazole rings is 1. The number of H-pyrrole nitrogens is 1. The fraction of sp³-hybridized carbons (Fsp3) is 0.167. The molecule has 4 heteroatoms. The number of hydrogen-bond donors (Lipinski definition) is 1. The van der Waals surface area contributed by atoms with Crippen molar-refractivity contribution in [3.63, 3.8) is 0 Å². The Balaban J connectivity index is 1.98. The lowest BCUT2D eigenvalue weighted by Gasteiger charge is -2.13. The summed E-state index contributed by atoms with van der Waals surface area (Å²) < 4.78 is 0. The zero-order valence-corrected chi connectivity index (χ0v) is 17.2. The highest BCUT2D eigenvalue weighted by molar-refractivity contribution is 6.30. The Morgan fingerprint density at radius 2 is 1.39 bits per heavy atom. The molecule has 2 aromatic carbocycles. The predicted octanol–water partition coefficient (Wildman–Crippen LogP) is 6.69. The maximum absolute atomic E-state index is 6.10. The van der Waals surface area contributed by atoms with Gasteiger partial charge in [-0.3, -0.25) is 4.98 Å². The van der Waals surface area contributed by atoms with Crippen molar-refractivity contribution in [2.75, 3.05) is 0 Å². The van der Waals surface area contributed by atoms with E-state index >= 15 is 0 Å². The molecule has 0 unspecified atom stereocenters. The van der Waals surface area contributed by atoms with Crippen molar-refractivity contribution < 1.29 is 0 Å². The Labute approximate surface area is 170 Å². The molecule has 0 radical (unpaired) electrons. The number of aryl methyl sites for hydroxylation is 2. The maximum Gasteiger partial charge on any atom is 0.139 e. The molecule has 0 fully saturated rings. The molecule has 0 saturated carbocycles. The molecule has 1 N–H and O–H groups in total. The van der Waals surface area contributed by atoms with E-state index in [1.165, 1.54) is 27.8 Å². The van der Waals surface area contributed by atoms with Gasteiger partial charge in [0.1, 0.15) is 5.82 Å². The summed E-state index contributed by atoms with van der Waals surface area (Å²) in [6, 6.07) is 14.0. The van der Waals surface area contributed by atoms with Gasteiger partial charge in [-0.15, -0.1) is 0 Å². The molecule has 3 nitrogen and oxygen atoms in total. The first-order valence-electron chi connectivity index (χ1n) is 9.30. The monoisotopic (exact) mass is 387 g/mol. The van der Waals surface area contributed by atoms with Crippen molar-refractivity contribution in [3.8, 4) is 33.9 Å². The van der Waals surface area contributed by atoms with Crippen LogP contribution in [-0.2, 0) is 0 Å². The van der Waals surface area contributed by atoms with E-state index in [0.29, 0.717) is 5.02 Å². The summed E-state index contributed by atoms with van der Waals surface area (Å²) in [5.41, 5.74) is 10.2. The first kappa shape index (κ1) is 18.5. The smallest absolute Gasteiger partial charge is 0.139 e. The van der Waals surface area contributed by atoms with Gasteiger partial charge in [-0.1, -0.05) is 29.8 Å². The molecule has 0 saturated heterocycles. The molecule has 0 aliphatic heterocycles. The molecule has 140 valence electrons. The van der Waals surface area contributed by atoms with Gasteiger partial charge in [0.05, 0.1) is 11.4 Å². The van der Waals surface area contributed by atoms with Gasteiger partial charge in [-0.25, -0.2) is 4.98 Å². The van der Waals surface area contributed by atoms with Crippen molar-refractivity contribution in [3.05, 3.63) is 82.1 Å². The average Bonchev–Trinajstić information content (AvgIpc) is 3.13. The summed E-state index contributed by atoms with van der Waals surface area (Å²) >= 11 is 6.10. The molecule has 2 heterocycles. The van der Waals surface area contributed by atoms with Crippen LogP contribution in [0.2, 0.25) is 5.02 Å². The Morgan fingerprint density at radius 1 is 0.786 bits per heavy atom. The van der Waals surface area contributed by atoms with E-state index in [0.717, 1.165) is 28.3 Å². The van der Waals surface area contributed by atoms with Crippen LogP contribution in [-0.4, -0.2) is 15.0 Å². The van der Waals surface area contributed by atoms with Crippen LogP contribution in [0.3, 0.4) is 0 Å². The molecule has 4 rings (SSSR count). The van der Waals surface area contributed by atoms with E-state index in [9.17, 15) is 0 Å². The van der Waals surface area contributed by atoms with Gasteiger partial charge in [0.15, 0.2) is 0 Å². The quantitative estimate of drug-likeness (QED) is 0.425. The maximum atomic E-state index is 6.10. The van der Waals surface area contributed by atoms with E-state index in [4.69, 9.17) is 16.6 Å². The number of aromatic nitrogens is 3. The molecule has 0 amide bonds. The Hall–Kier alpha value is -2.91. The fourth-order valence-electron chi connectivity index (χ4n) is 3.61. The van der Waals surface area contributed by atoms with Crippen molar-refractivity contribution in [2.45, 2.75) is 27.7 Å². The third-order valence-corrected chi connectivity index (χ3v) is 5.65. The van der Waals surface area contributed by atoms with Crippen LogP contribution in [0.4, 0.5) is 0 Å². The molecule has 0 aliphatic rings. The molecular formula is C24H22ClN3. The minimum Gasteiger partial charge on any atom is -0.337 e. The molecule has 0 bridgehead atoms. The van der Waals surface area contributed by atoms with Gasteiger partial charge < -0.3 is 4.98 Å². The lowest BCUT2D eigenvalue weighted by Crippen LogP contribution is -1.96. The zero-order valence-electron chi connectivity index (χ0n) is 16.5. The highest BCUT2D eigenvalue weighted by Gasteiger charge is 2.19. The van der Waals surface area contributed by atoms with Crippen LogP contribution in [0, 0.1) is 27.7 Å². The van der Waals surface area contributed by atoms with Gasteiger partial charge >= 0.3 is 0 Å². The normalized spacial score (nSPS) is 11.0. The zero-order chi connectivity index (χ0) is 19.8. The van der Waals surface area contributed by atoms with E-state index < -0.39 is 0 Å². The van der Waals surface area contributed by atoms with E-state index in [2.05, 4.69) is 43.7 Å². The van der Waals surface area contributed by atoms with E-state index in [1.54, 1.807) is 12.4 Å². The van der Waals surface area contributed by atoms with Crippen molar-refractivity contribution >= 4 is 11.6 Å². The van der Waals surface area contributed by atoms with Gasteiger partial charge in [-0.2, -0.15) is 0 Å². The standard InChI is InChI=1S/C24H22ClN3/c1-14-13-15(2)17(4)21(16(14)3)24-27-22(18-5-7-20(25)8-6-18)23(28-24)19-9-11-26-12-10-19/h5-13H,1-4H3,(H,27,28). The van der Waals surface area contributed by atoms with Crippen LogP contribution >= 0.6 is 11.6 Å². The molecule has 0 atom stereocenters. The first-order chi connectivity index (χ1) is 13.5. The number of pyridine rings is 1. The third kappa shape index (κ3) is 3.23. The van der Waals surface area contributed by atoms with Crippen LogP contribution in [0.15, 0.2) is 54.9 Å². The second-order valence-corrected chi connectivity index (χ2v) is 7.62. The summed E-state index contributed by atoms with van der Waals surface area (Å²) in [4.78, 5) is 12.8. The number of hydrogen-bond acceptors (Lipinski definition) is 2. The molecule has 0 spiro atoms. The molecule has 2 aromatic heterocycles.